The summed E-state index contributed by atoms with van der Waals surface area (Å²) in [6.07, 6.45) is 0.401. The maximum absolute atomic E-state index is 11.0. The SMILES string of the molecule is CCOP(=O)(O)CCCN(O)C=O. The number of hydrogen-bond donors (Lipinski definition) is 2. The van der Waals surface area contributed by atoms with Gasteiger partial charge >= 0.3 is 7.60 Å². The van der Waals surface area contributed by atoms with Crippen molar-refractivity contribution in [1.82, 2.24) is 5.06 Å². The number of nitrogens with zero attached hydrogens (tertiary/aromatic N) is 1. The number of rotatable bonds is 7. The fourth-order valence-electron chi connectivity index (χ4n) is 0.751. The molecule has 0 aliphatic carbocycles. The highest BCUT2D eigenvalue weighted by Gasteiger charge is 2.17. The molecule has 0 fully saturated rings. The van der Waals surface area contributed by atoms with E-state index in [1.807, 2.05) is 0 Å². The molecule has 0 saturated heterocycles. The van der Waals surface area contributed by atoms with Crippen LogP contribution < -0.4 is 0 Å². The van der Waals surface area contributed by atoms with Gasteiger partial charge in [0.15, 0.2) is 0 Å². The Hall–Kier alpha value is -0.420. The molecule has 2 N–H and O–H groups in total. The van der Waals surface area contributed by atoms with E-state index in [1.54, 1.807) is 6.92 Å². The van der Waals surface area contributed by atoms with E-state index in [-0.39, 0.29) is 32.1 Å². The van der Waals surface area contributed by atoms with Gasteiger partial charge in [0.1, 0.15) is 0 Å². The highest BCUT2D eigenvalue weighted by molar-refractivity contribution is 7.52. The maximum atomic E-state index is 11.0. The van der Waals surface area contributed by atoms with Crippen molar-refractivity contribution >= 4 is 14.0 Å². The zero-order valence-electron chi connectivity index (χ0n) is 7.42. The fraction of sp³-hybridized carbons (Fsp3) is 0.833. The van der Waals surface area contributed by atoms with Crippen molar-refractivity contribution in [2.45, 2.75) is 13.3 Å². The predicted molar refractivity (Wildman–Crippen MR) is 45.5 cm³/mol. The van der Waals surface area contributed by atoms with Crippen molar-refractivity contribution < 1.29 is 24.0 Å². The van der Waals surface area contributed by atoms with E-state index in [4.69, 9.17) is 10.1 Å². The first-order valence-electron chi connectivity index (χ1n) is 3.89. The molecule has 0 spiro atoms. The minimum absolute atomic E-state index is 0.0289. The number of carbonyl (C=O) groups is 1. The van der Waals surface area contributed by atoms with Gasteiger partial charge in [0.05, 0.1) is 12.8 Å². The Labute approximate surface area is 76.6 Å². The molecule has 1 unspecified atom stereocenters. The fourth-order valence-corrected chi connectivity index (χ4v) is 1.83. The summed E-state index contributed by atoms with van der Waals surface area (Å²) in [6, 6.07) is 0. The number of amides is 1. The average Bonchev–Trinajstić information content (AvgIpc) is 2.03. The van der Waals surface area contributed by atoms with Crippen LogP contribution in [0.15, 0.2) is 0 Å². The van der Waals surface area contributed by atoms with Gasteiger partial charge in [0.2, 0.25) is 6.41 Å². The van der Waals surface area contributed by atoms with Gasteiger partial charge in [-0.3, -0.25) is 14.6 Å². The lowest BCUT2D eigenvalue weighted by atomic mass is 10.5. The average molecular weight is 211 g/mol. The molecule has 0 aromatic rings. The van der Waals surface area contributed by atoms with E-state index in [0.717, 1.165) is 0 Å². The standard InChI is InChI=1S/C6H14NO5P/c1-2-12-13(10,11)5-3-4-7(9)6-8/h6,9H,2-5H2,1H3,(H,10,11). The molecule has 0 rings (SSSR count). The summed E-state index contributed by atoms with van der Waals surface area (Å²) in [5.41, 5.74) is 0. The number of hydroxylamine groups is 2. The lowest BCUT2D eigenvalue weighted by Gasteiger charge is -2.12. The van der Waals surface area contributed by atoms with Crippen LogP contribution in [0.25, 0.3) is 0 Å². The van der Waals surface area contributed by atoms with Gasteiger partial charge < -0.3 is 9.42 Å². The molecule has 0 aromatic heterocycles. The van der Waals surface area contributed by atoms with Gasteiger partial charge in [0, 0.05) is 6.54 Å². The second-order valence-corrected chi connectivity index (χ2v) is 4.38. The van der Waals surface area contributed by atoms with Crippen LogP contribution in [0.1, 0.15) is 13.3 Å². The summed E-state index contributed by atoms with van der Waals surface area (Å²) in [6.45, 7) is 1.82. The summed E-state index contributed by atoms with van der Waals surface area (Å²) in [7, 11) is -3.51. The van der Waals surface area contributed by atoms with Crippen LogP contribution in [0.5, 0.6) is 0 Å². The lowest BCUT2D eigenvalue weighted by molar-refractivity contribution is -0.149. The molecule has 1 atom stereocenters. The zero-order chi connectivity index (χ0) is 10.3. The van der Waals surface area contributed by atoms with Crippen molar-refractivity contribution in [3.8, 4) is 0 Å². The Morgan fingerprint density at radius 3 is 2.69 bits per heavy atom. The van der Waals surface area contributed by atoms with E-state index in [0.29, 0.717) is 5.06 Å². The normalized spacial score (nSPS) is 15.0. The second kappa shape index (κ2) is 6.10. The maximum Gasteiger partial charge on any atom is 0.328 e. The first-order valence-corrected chi connectivity index (χ1v) is 5.65. The van der Waals surface area contributed by atoms with Gasteiger partial charge in [-0.15, -0.1) is 0 Å². The Morgan fingerprint density at radius 2 is 2.23 bits per heavy atom. The summed E-state index contributed by atoms with van der Waals surface area (Å²) < 4.78 is 15.6. The highest BCUT2D eigenvalue weighted by Crippen LogP contribution is 2.41. The molecule has 0 aromatic carbocycles. The van der Waals surface area contributed by atoms with Crippen molar-refractivity contribution in [3.05, 3.63) is 0 Å². The quantitative estimate of drug-likeness (QED) is 0.276. The van der Waals surface area contributed by atoms with E-state index in [1.165, 1.54) is 0 Å². The van der Waals surface area contributed by atoms with Crippen molar-refractivity contribution in [2.75, 3.05) is 19.3 Å². The summed E-state index contributed by atoms with van der Waals surface area (Å²) in [5.74, 6) is 0. The van der Waals surface area contributed by atoms with Gasteiger partial charge in [0.25, 0.3) is 0 Å². The Kier molecular flexibility index (Phi) is 5.90. The molecule has 6 nitrogen and oxygen atoms in total. The molecular formula is C6H14NO5P. The third-order valence-corrected chi connectivity index (χ3v) is 2.82. The number of carbonyl (C=O) groups excluding carboxylic acids is 1. The largest absolute Gasteiger partial charge is 0.328 e. The molecule has 0 aliphatic heterocycles. The van der Waals surface area contributed by atoms with E-state index < -0.39 is 7.60 Å². The minimum Gasteiger partial charge on any atom is -0.324 e. The van der Waals surface area contributed by atoms with Gasteiger partial charge in [-0.1, -0.05) is 0 Å². The third kappa shape index (κ3) is 6.72. The number of hydrogen-bond acceptors (Lipinski definition) is 4. The van der Waals surface area contributed by atoms with Gasteiger partial charge in [-0.05, 0) is 13.3 Å². The van der Waals surface area contributed by atoms with Crippen LogP contribution in [0, 0.1) is 0 Å². The first-order chi connectivity index (χ1) is 6.02. The molecule has 0 radical (unpaired) electrons. The molecule has 13 heavy (non-hydrogen) atoms. The molecule has 0 saturated carbocycles. The van der Waals surface area contributed by atoms with Crippen LogP contribution in [-0.2, 0) is 13.9 Å². The van der Waals surface area contributed by atoms with Crippen LogP contribution >= 0.6 is 7.60 Å². The molecular weight excluding hydrogens is 197 g/mol. The topological polar surface area (TPSA) is 87.1 Å². The molecule has 0 bridgehead atoms. The summed E-state index contributed by atoms with van der Waals surface area (Å²) in [5, 5.41) is 9.06. The van der Waals surface area contributed by atoms with E-state index in [9.17, 15) is 9.36 Å². The Morgan fingerprint density at radius 1 is 1.62 bits per heavy atom. The third-order valence-electron chi connectivity index (χ3n) is 1.28. The monoisotopic (exact) mass is 211 g/mol. The molecule has 0 aliphatic rings. The summed E-state index contributed by atoms with van der Waals surface area (Å²) in [4.78, 5) is 18.9. The smallest absolute Gasteiger partial charge is 0.324 e. The molecule has 0 heterocycles. The van der Waals surface area contributed by atoms with E-state index in [2.05, 4.69) is 4.52 Å². The van der Waals surface area contributed by atoms with Crippen LogP contribution in [0.2, 0.25) is 0 Å². The van der Waals surface area contributed by atoms with Crippen molar-refractivity contribution in [3.63, 3.8) is 0 Å². The van der Waals surface area contributed by atoms with Crippen LogP contribution in [-0.4, -0.2) is 40.9 Å². The highest BCUT2D eigenvalue weighted by atomic mass is 31.2. The Balaban J connectivity index is 3.63. The molecule has 78 valence electrons. The minimum atomic E-state index is -3.51. The Bertz CT molecular complexity index is 197. The van der Waals surface area contributed by atoms with Gasteiger partial charge in [-0.2, -0.15) is 0 Å². The lowest BCUT2D eigenvalue weighted by Crippen LogP contribution is -2.18. The molecule has 7 heteroatoms. The zero-order valence-corrected chi connectivity index (χ0v) is 8.31. The van der Waals surface area contributed by atoms with Crippen LogP contribution in [0.4, 0.5) is 0 Å². The van der Waals surface area contributed by atoms with Crippen LogP contribution in [0.3, 0.4) is 0 Å². The van der Waals surface area contributed by atoms with Gasteiger partial charge in [-0.25, -0.2) is 5.06 Å². The first kappa shape index (κ1) is 12.6. The van der Waals surface area contributed by atoms with E-state index >= 15 is 0 Å². The summed E-state index contributed by atoms with van der Waals surface area (Å²) >= 11 is 0. The van der Waals surface area contributed by atoms with Crippen molar-refractivity contribution in [2.24, 2.45) is 0 Å². The second-order valence-electron chi connectivity index (χ2n) is 2.40. The predicted octanol–water partition coefficient (Wildman–Crippen LogP) is 0.446. The molecule has 1 amide bonds. The van der Waals surface area contributed by atoms with Crippen molar-refractivity contribution in [1.29, 1.82) is 0 Å².